The van der Waals surface area contributed by atoms with E-state index in [1.807, 2.05) is 0 Å². The lowest BCUT2D eigenvalue weighted by Crippen LogP contribution is -2.24. The Bertz CT molecular complexity index is 723. The molecule has 2 rings (SSSR count). The molecule has 106 valence electrons. The summed E-state index contributed by atoms with van der Waals surface area (Å²) in [5, 5.41) is -0.344. The van der Waals surface area contributed by atoms with Crippen LogP contribution in [0.3, 0.4) is 0 Å². The third-order valence-corrected chi connectivity index (χ3v) is 4.15. The molecule has 0 fully saturated rings. The van der Waals surface area contributed by atoms with E-state index >= 15 is 0 Å². The summed E-state index contributed by atoms with van der Waals surface area (Å²) in [6, 6.07) is 7.23. The number of nitrogens with zero attached hydrogens (tertiary/aromatic N) is 1. The minimum Gasteiger partial charge on any atom is -0.399 e. The van der Waals surface area contributed by atoms with Crippen molar-refractivity contribution in [3.05, 3.63) is 53.1 Å². The average Bonchev–Trinajstić information content (AvgIpc) is 2.42. The fourth-order valence-corrected chi connectivity index (χ4v) is 2.94. The summed E-state index contributed by atoms with van der Waals surface area (Å²) in [6.07, 6.45) is 1.53. The van der Waals surface area contributed by atoms with Crippen molar-refractivity contribution in [2.45, 2.75) is 11.4 Å². The van der Waals surface area contributed by atoms with E-state index in [0.29, 0.717) is 5.69 Å². The van der Waals surface area contributed by atoms with Gasteiger partial charge >= 0.3 is 0 Å². The molecule has 3 N–H and O–H groups in total. The number of nitrogens with two attached hydrogens (primary N) is 1. The Morgan fingerprint density at radius 3 is 2.75 bits per heavy atom. The van der Waals surface area contributed by atoms with Gasteiger partial charge in [0.25, 0.3) is 0 Å². The molecule has 0 radical (unpaired) electrons. The largest absolute Gasteiger partial charge is 0.399 e. The number of hydrogen-bond donors (Lipinski definition) is 2. The van der Waals surface area contributed by atoms with Crippen molar-refractivity contribution >= 4 is 27.3 Å². The van der Waals surface area contributed by atoms with Gasteiger partial charge in [0.2, 0.25) is 10.0 Å². The second kappa shape index (κ2) is 5.74. The van der Waals surface area contributed by atoms with Gasteiger partial charge in [-0.2, -0.15) is 0 Å². The number of hydrogen-bond acceptors (Lipinski definition) is 4. The van der Waals surface area contributed by atoms with Gasteiger partial charge in [0.05, 0.1) is 17.3 Å². The third-order valence-electron chi connectivity index (χ3n) is 2.48. The monoisotopic (exact) mass is 315 g/mol. The first-order chi connectivity index (χ1) is 9.40. The Hall–Kier alpha value is -1.70. The van der Waals surface area contributed by atoms with Crippen LogP contribution in [0.4, 0.5) is 10.1 Å². The van der Waals surface area contributed by atoms with E-state index in [1.165, 1.54) is 6.20 Å². The number of pyridine rings is 1. The number of nitrogens with one attached hydrogen (secondary N) is 1. The minimum atomic E-state index is -4.06. The predicted molar refractivity (Wildman–Crippen MR) is 74.1 cm³/mol. The summed E-state index contributed by atoms with van der Waals surface area (Å²) in [5.74, 6) is -1.03. The van der Waals surface area contributed by atoms with E-state index in [0.717, 1.165) is 12.1 Å². The zero-order chi connectivity index (χ0) is 14.8. The highest BCUT2D eigenvalue weighted by atomic mass is 35.5. The molecule has 0 saturated heterocycles. The van der Waals surface area contributed by atoms with Crippen molar-refractivity contribution in [2.24, 2.45) is 0 Å². The molecule has 1 aromatic heterocycles. The summed E-state index contributed by atoms with van der Waals surface area (Å²) in [4.78, 5) is 3.38. The number of benzene rings is 1. The zero-order valence-electron chi connectivity index (χ0n) is 10.2. The number of sulfonamides is 1. The van der Waals surface area contributed by atoms with E-state index in [2.05, 4.69) is 9.71 Å². The Morgan fingerprint density at radius 2 is 2.10 bits per heavy atom. The number of anilines is 1. The van der Waals surface area contributed by atoms with Crippen LogP contribution in [0.2, 0.25) is 5.02 Å². The lowest BCUT2D eigenvalue weighted by atomic mass is 10.3. The Morgan fingerprint density at radius 1 is 1.35 bits per heavy atom. The molecule has 0 aliphatic carbocycles. The standard InChI is InChI=1S/C12H11ClFN3O2S/c13-10-5-8(15)6-11(12(10)14)20(18,19)17-7-9-3-1-2-4-16-9/h1-6,17H,7,15H2. The van der Waals surface area contributed by atoms with Crippen LogP contribution in [-0.4, -0.2) is 13.4 Å². The van der Waals surface area contributed by atoms with E-state index in [4.69, 9.17) is 17.3 Å². The average molecular weight is 316 g/mol. The Balaban J connectivity index is 2.27. The van der Waals surface area contributed by atoms with E-state index in [1.54, 1.807) is 18.2 Å². The van der Waals surface area contributed by atoms with Crippen LogP contribution in [0, 0.1) is 5.82 Å². The molecule has 0 spiro atoms. The quantitative estimate of drug-likeness (QED) is 0.844. The van der Waals surface area contributed by atoms with Crippen LogP contribution < -0.4 is 10.5 Å². The normalized spacial score (nSPS) is 11.5. The van der Waals surface area contributed by atoms with Crippen molar-refractivity contribution in [2.75, 3.05) is 5.73 Å². The minimum absolute atomic E-state index is 0.0605. The molecule has 0 aliphatic heterocycles. The lowest BCUT2D eigenvalue weighted by molar-refractivity contribution is 0.556. The van der Waals surface area contributed by atoms with Crippen LogP contribution in [0.5, 0.6) is 0 Å². The summed E-state index contributed by atoms with van der Waals surface area (Å²) in [6.45, 7) is -0.0605. The molecule has 0 atom stereocenters. The van der Waals surface area contributed by atoms with E-state index in [9.17, 15) is 12.8 Å². The van der Waals surface area contributed by atoms with Crippen LogP contribution in [0.1, 0.15) is 5.69 Å². The van der Waals surface area contributed by atoms with Crippen LogP contribution in [0.25, 0.3) is 0 Å². The Kier molecular flexibility index (Phi) is 4.22. The van der Waals surface area contributed by atoms with Gasteiger partial charge in [-0.1, -0.05) is 17.7 Å². The first kappa shape index (κ1) is 14.7. The molecule has 0 unspecified atom stereocenters. The fourth-order valence-electron chi connectivity index (χ4n) is 1.53. The second-order valence-corrected chi connectivity index (χ2v) is 6.10. The van der Waals surface area contributed by atoms with E-state index < -0.39 is 20.7 Å². The summed E-state index contributed by atoms with van der Waals surface area (Å²) < 4.78 is 40.1. The lowest BCUT2D eigenvalue weighted by Gasteiger charge is -2.09. The van der Waals surface area contributed by atoms with Crippen LogP contribution >= 0.6 is 11.6 Å². The molecular formula is C12H11ClFN3O2S. The van der Waals surface area contributed by atoms with Gasteiger partial charge in [-0.15, -0.1) is 0 Å². The van der Waals surface area contributed by atoms with Crippen molar-refractivity contribution in [1.29, 1.82) is 0 Å². The summed E-state index contributed by atoms with van der Waals surface area (Å²) >= 11 is 5.58. The smallest absolute Gasteiger partial charge is 0.243 e. The van der Waals surface area contributed by atoms with Crippen molar-refractivity contribution in [3.8, 4) is 0 Å². The van der Waals surface area contributed by atoms with E-state index in [-0.39, 0.29) is 17.3 Å². The third kappa shape index (κ3) is 3.24. The number of rotatable bonds is 4. The Labute approximate surface area is 120 Å². The highest BCUT2D eigenvalue weighted by Gasteiger charge is 2.21. The molecule has 5 nitrogen and oxygen atoms in total. The molecule has 1 heterocycles. The van der Waals surface area contributed by atoms with Gasteiger partial charge in [0, 0.05) is 11.9 Å². The van der Waals surface area contributed by atoms with Crippen molar-refractivity contribution in [3.63, 3.8) is 0 Å². The molecule has 1 aromatic carbocycles. The predicted octanol–water partition coefficient (Wildman–Crippen LogP) is 1.93. The molecule has 20 heavy (non-hydrogen) atoms. The van der Waals surface area contributed by atoms with Gasteiger partial charge in [-0.25, -0.2) is 17.5 Å². The SMILES string of the molecule is Nc1cc(Cl)c(F)c(S(=O)(=O)NCc2ccccn2)c1. The van der Waals surface area contributed by atoms with Gasteiger partial charge < -0.3 is 5.73 Å². The highest BCUT2D eigenvalue weighted by molar-refractivity contribution is 7.89. The van der Waals surface area contributed by atoms with Crippen molar-refractivity contribution in [1.82, 2.24) is 9.71 Å². The number of aromatic nitrogens is 1. The summed E-state index contributed by atoms with van der Waals surface area (Å²) in [5.41, 5.74) is 6.05. The first-order valence-corrected chi connectivity index (χ1v) is 7.40. The molecule has 8 heteroatoms. The van der Waals surface area contributed by atoms with Crippen LogP contribution in [0.15, 0.2) is 41.4 Å². The maximum absolute atomic E-state index is 13.8. The molecule has 0 bridgehead atoms. The maximum Gasteiger partial charge on any atom is 0.243 e. The highest BCUT2D eigenvalue weighted by Crippen LogP contribution is 2.25. The molecule has 2 aromatic rings. The topological polar surface area (TPSA) is 85.1 Å². The fraction of sp³-hybridized carbons (Fsp3) is 0.0833. The number of halogens is 2. The van der Waals surface area contributed by atoms with Gasteiger partial charge in [0.1, 0.15) is 4.90 Å². The van der Waals surface area contributed by atoms with Gasteiger partial charge in [-0.3, -0.25) is 4.98 Å². The van der Waals surface area contributed by atoms with Gasteiger partial charge in [-0.05, 0) is 24.3 Å². The second-order valence-electron chi connectivity index (χ2n) is 3.96. The zero-order valence-corrected chi connectivity index (χ0v) is 11.7. The maximum atomic E-state index is 13.8. The summed E-state index contributed by atoms with van der Waals surface area (Å²) in [7, 11) is -4.06. The van der Waals surface area contributed by atoms with Crippen molar-refractivity contribution < 1.29 is 12.8 Å². The van der Waals surface area contributed by atoms with Crippen LogP contribution in [-0.2, 0) is 16.6 Å². The van der Waals surface area contributed by atoms with Gasteiger partial charge in [0.15, 0.2) is 5.82 Å². The molecule has 0 amide bonds. The molecular weight excluding hydrogens is 305 g/mol. The molecule has 0 saturated carbocycles. The molecule has 0 aliphatic rings. The first-order valence-electron chi connectivity index (χ1n) is 5.54. The number of nitrogen functional groups attached to an aromatic ring is 1.